The summed E-state index contributed by atoms with van der Waals surface area (Å²) in [7, 11) is 0. The van der Waals surface area contributed by atoms with Crippen molar-refractivity contribution in [1.29, 1.82) is 0 Å². The van der Waals surface area contributed by atoms with Crippen molar-refractivity contribution in [3.63, 3.8) is 0 Å². The van der Waals surface area contributed by atoms with Crippen LogP contribution in [0.5, 0.6) is 0 Å². The summed E-state index contributed by atoms with van der Waals surface area (Å²) < 4.78 is 11.7. The molecule has 4 nitrogen and oxygen atoms in total. The molecular formula is C16H23ClN2O2. The first-order valence-electron chi connectivity index (χ1n) is 7.91. The third-order valence-electron chi connectivity index (χ3n) is 4.27. The lowest BCUT2D eigenvalue weighted by atomic mass is 10.1. The zero-order chi connectivity index (χ0) is 14.5. The molecule has 1 aromatic rings. The molecule has 2 fully saturated rings. The average molecular weight is 311 g/mol. The lowest BCUT2D eigenvalue weighted by molar-refractivity contribution is -0.0672. The highest BCUT2D eigenvalue weighted by atomic mass is 35.5. The molecule has 3 heterocycles. The fourth-order valence-electron chi connectivity index (χ4n) is 2.99. The van der Waals surface area contributed by atoms with Gasteiger partial charge in [-0.3, -0.25) is 0 Å². The van der Waals surface area contributed by atoms with Crippen LogP contribution >= 0.6 is 11.6 Å². The second kappa shape index (κ2) is 7.43. The summed E-state index contributed by atoms with van der Waals surface area (Å²) in [5, 5.41) is 0.685. The van der Waals surface area contributed by atoms with Crippen LogP contribution in [0.4, 0.5) is 5.82 Å². The van der Waals surface area contributed by atoms with Crippen LogP contribution < -0.4 is 4.90 Å². The molecule has 0 spiro atoms. The smallest absolute Gasteiger partial charge is 0.128 e. The van der Waals surface area contributed by atoms with E-state index in [0.29, 0.717) is 17.2 Å². The van der Waals surface area contributed by atoms with E-state index >= 15 is 0 Å². The first-order chi connectivity index (χ1) is 10.3. The number of anilines is 1. The quantitative estimate of drug-likeness (QED) is 0.855. The Morgan fingerprint density at radius 3 is 2.76 bits per heavy atom. The Balaban J connectivity index is 1.41. The standard InChI is InChI=1S/C16H23ClN2O2/c17-13-4-5-16(18-11-13)19-8-6-14(7-9-19)21-12-15-3-1-2-10-20-15/h4-5,11,14-15H,1-3,6-10,12H2/t15-/m0/s1. The number of rotatable bonds is 4. The normalized spacial score (nSPS) is 24.2. The van der Waals surface area contributed by atoms with Crippen molar-refractivity contribution in [1.82, 2.24) is 4.98 Å². The van der Waals surface area contributed by atoms with Crippen LogP contribution in [-0.4, -0.2) is 43.5 Å². The minimum atomic E-state index is 0.315. The number of ether oxygens (including phenoxy) is 2. The first-order valence-corrected chi connectivity index (χ1v) is 8.29. The van der Waals surface area contributed by atoms with E-state index in [4.69, 9.17) is 21.1 Å². The Morgan fingerprint density at radius 1 is 1.24 bits per heavy atom. The van der Waals surface area contributed by atoms with Crippen LogP contribution in [0.15, 0.2) is 18.3 Å². The molecule has 0 bridgehead atoms. The molecule has 2 aliphatic rings. The highest BCUT2D eigenvalue weighted by molar-refractivity contribution is 6.30. The number of hydrogen-bond donors (Lipinski definition) is 0. The van der Waals surface area contributed by atoms with Crippen molar-refractivity contribution < 1.29 is 9.47 Å². The number of hydrogen-bond acceptors (Lipinski definition) is 4. The summed E-state index contributed by atoms with van der Waals surface area (Å²) >= 11 is 5.88. The number of aromatic nitrogens is 1. The van der Waals surface area contributed by atoms with Crippen LogP contribution in [-0.2, 0) is 9.47 Å². The molecule has 3 rings (SSSR count). The summed E-state index contributed by atoms with van der Waals surface area (Å²) in [5.74, 6) is 1.01. The van der Waals surface area contributed by atoms with Gasteiger partial charge in [-0.15, -0.1) is 0 Å². The van der Waals surface area contributed by atoms with Crippen LogP contribution in [0.3, 0.4) is 0 Å². The largest absolute Gasteiger partial charge is 0.376 e. The predicted molar refractivity (Wildman–Crippen MR) is 84.0 cm³/mol. The minimum Gasteiger partial charge on any atom is -0.376 e. The lowest BCUT2D eigenvalue weighted by Crippen LogP contribution is -2.38. The third-order valence-corrected chi connectivity index (χ3v) is 4.49. The van der Waals surface area contributed by atoms with E-state index < -0.39 is 0 Å². The molecule has 21 heavy (non-hydrogen) atoms. The van der Waals surface area contributed by atoms with Gasteiger partial charge in [0.15, 0.2) is 0 Å². The van der Waals surface area contributed by atoms with Crippen LogP contribution in [0.2, 0.25) is 5.02 Å². The van der Waals surface area contributed by atoms with Crippen molar-refractivity contribution >= 4 is 17.4 Å². The van der Waals surface area contributed by atoms with E-state index in [9.17, 15) is 0 Å². The van der Waals surface area contributed by atoms with Crippen molar-refractivity contribution in [3.8, 4) is 0 Å². The summed E-state index contributed by atoms with van der Waals surface area (Å²) in [4.78, 5) is 6.68. The molecule has 0 N–H and O–H groups in total. The molecule has 0 amide bonds. The van der Waals surface area contributed by atoms with Gasteiger partial charge in [0.25, 0.3) is 0 Å². The van der Waals surface area contributed by atoms with E-state index in [0.717, 1.165) is 51.4 Å². The van der Waals surface area contributed by atoms with Crippen LogP contribution in [0.25, 0.3) is 0 Å². The van der Waals surface area contributed by atoms with E-state index in [2.05, 4.69) is 9.88 Å². The Labute approximate surface area is 131 Å². The second-order valence-corrected chi connectivity index (χ2v) is 6.28. The molecule has 5 heteroatoms. The van der Waals surface area contributed by atoms with Gasteiger partial charge < -0.3 is 14.4 Å². The van der Waals surface area contributed by atoms with Crippen molar-refractivity contribution in [2.45, 2.75) is 44.3 Å². The topological polar surface area (TPSA) is 34.6 Å². The summed E-state index contributed by atoms with van der Waals surface area (Å²) in [6.07, 6.45) is 8.10. The Kier molecular flexibility index (Phi) is 5.33. The monoisotopic (exact) mass is 310 g/mol. The zero-order valence-corrected chi connectivity index (χ0v) is 13.1. The Hall–Kier alpha value is -0.840. The maximum absolute atomic E-state index is 6.03. The van der Waals surface area contributed by atoms with Gasteiger partial charge in [0.2, 0.25) is 0 Å². The molecule has 0 aliphatic carbocycles. The number of piperidine rings is 1. The number of nitrogens with zero attached hydrogens (tertiary/aromatic N) is 2. The van der Waals surface area contributed by atoms with Gasteiger partial charge in [-0.1, -0.05) is 11.6 Å². The molecule has 1 atom stereocenters. The summed E-state index contributed by atoms with van der Waals surface area (Å²) in [5.41, 5.74) is 0. The third kappa shape index (κ3) is 4.31. The van der Waals surface area contributed by atoms with Crippen LogP contribution in [0, 0.1) is 0 Å². The number of halogens is 1. The maximum atomic E-state index is 6.03. The van der Waals surface area contributed by atoms with E-state index in [1.165, 1.54) is 12.8 Å². The van der Waals surface area contributed by atoms with Crippen molar-refractivity contribution in [2.75, 3.05) is 31.2 Å². The Bertz CT molecular complexity index is 426. The molecule has 1 aromatic heterocycles. The fourth-order valence-corrected chi connectivity index (χ4v) is 3.10. The van der Waals surface area contributed by atoms with Crippen molar-refractivity contribution in [2.24, 2.45) is 0 Å². The molecular weight excluding hydrogens is 288 g/mol. The van der Waals surface area contributed by atoms with Crippen LogP contribution in [0.1, 0.15) is 32.1 Å². The van der Waals surface area contributed by atoms with Gasteiger partial charge in [0.05, 0.1) is 23.8 Å². The molecule has 0 saturated carbocycles. The van der Waals surface area contributed by atoms with Gasteiger partial charge in [-0.05, 0) is 44.2 Å². The fraction of sp³-hybridized carbons (Fsp3) is 0.688. The van der Waals surface area contributed by atoms with E-state index in [-0.39, 0.29) is 0 Å². The van der Waals surface area contributed by atoms with E-state index in [1.54, 1.807) is 6.20 Å². The molecule has 0 radical (unpaired) electrons. The molecule has 116 valence electrons. The number of pyridine rings is 1. The molecule has 0 aromatic carbocycles. The molecule has 0 unspecified atom stereocenters. The highest BCUT2D eigenvalue weighted by Crippen LogP contribution is 2.22. The lowest BCUT2D eigenvalue weighted by Gasteiger charge is -2.33. The average Bonchev–Trinajstić information content (AvgIpc) is 2.55. The first kappa shape index (κ1) is 15.1. The van der Waals surface area contributed by atoms with Gasteiger partial charge in [-0.25, -0.2) is 4.98 Å². The van der Waals surface area contributed by atoms with Crippen molar-refractivity contribution in [3.05, 3.63) is 23.4 Å². The SMILES string of the molecule is Clc1ccc(N2CCC(OC[C@@H]3CCCCO3)CC2)nc1. The summed E-state index contributed by atoms with van der Waals surface area (Å²) in [6, 6.07) is 3.88. The Morgan fingerprint density at radius 2 is 2.10 bits per heavy atom. The highest BCUT2D eigenvalue weighted by Gasteiger charge is 2.22. The van der Waals surface area contributed by atoms with Gasteiger partial charge in [0.1, 0.15) is 5.82 Å². The minimum absolute atomic E-state index is 0.315. The predicted octanol–water partition coefficient (Wildman–Crippen LogP) is 3.29. The summed E-state index contributed by atoms with van der Waals surface area (Å²) in [6.45, 7) is 3.63. The maximum Gasteiger partial charge on any atom is 0.128 e. The van der Waals surface area contributed by atoms with Gasteiger partial charge >= 0.3 is 0 Å². The van der Waals surface area contributed by atoms with Gasteiger partial charge in [0, 0.05) is 25.9 Å². The second-order valence-electron chi connectivity index (χ2n) is 5.84. The zero-order valence-electron chi connectivity index (χ0n) is 12.3. The van der Waals surface area contributed by atoms with Gasteiger partial charge in [-0.2, -0.15) is 0 Å². The molecule has 2 saturated heterocycles. The van der Waals surface area contributed by atoms with E-state index in [1.807, 2.05) is 12.1 Å². The molecule has 2 aliphatic heterocycles.